The number of aromatic nitrogens is 2. The van der Waals surface area contributed by atoms with Gasteiger partial charge in [-0.3, -0.25) is 0 Å². The summed E-state index contributed by atoms with van der Waals surface area (Å²) in [4.78, 5) is 8.60. The fourth-order valence-corrected chi connectivity index (χ4v) is 1.62. The zero-order valence-corrected chi connectivity index (χ0v) is 12.3. The van der Waals surface area contributed by atoms with Crippen LogP contribution >= 0.6 is 0 Å². The first-order valence-corrected chi connectivity index (χ1v) is 6.42. The molecule has 0 spiro atoms. The number of rotatable bonds is 8. The number of likely N-dealkylation sites (N-methyl/N-ethyl adjacent to an activating group) is 1. The summed E-state index contributed by atoms with van der Waals surface area (Å²) in [5.41, 5.74) is 0.728. The SMILES string of the molecule is CCNC(COC(C)C)c1ncc(OC)nc1OC. The third kappa shape index (κ3) is 4.65. The maximum Gasteiger partial charge on any atom is 0.240 e. The second kappa shape index (κ2) is 7.91. The number of ether oxygens (including phenoxy) is 3. The molecule has 1 atom stereocenters. The zero-order chi connectivity index (χ0) is 14.3. The molecule has 0 saturated heterocycles. The molecular weight excluding hydrogens is 246 g/mol. The molecule has 0 aromatic carbocycles. The summed E-state index contributed by atoms with van der Waals surface area (Å²) in [7, 11) is 3.12. The molecule has 0 fully saturated rings. The summed E-state index contributed by atoms with van der Waals surface area (Å²) in [6, 6.07) is -0.0549. The number of methoxy groups -OCH3 is 2. The first-order chi connectivity index (χ1) is 9.12. The van der Waals surface area contributed by atoms with Gasteiger partial charge in [0.2, 0.25) is 11.8 Å². The Labute approximate surface area is 114 Å². The minimum atomic E-state index is -0.0549. The molecule has 0 aliphatic heterocycles. The molecule has 108 valence electrons. The van der Waals surface area contributed by atoms with E-state index in [1.165, 1.54) is 0 Å². The van der Waals surface area contributed by atoms with Gasteiger partial charge in [0.1, 0.15) is 5.69 Å². The molecule has 0 saturated carbocycles. The molecular formula is C13H23N3O3. The second-order valence-electron chi connectivity index (χ2n) is 4.30. The van der Waals surface area contributed by atoms with E-state index in [-0.39, 0.29) is 12.1 Å². The van der Waals surface area contributed by atoms with Crippen LogP contribution in [0.25, 0.3) is 0 Å². The summed E-state index contributed by atoms with van der Waals surface area (Å²) < 4.78 is 16.0. The van der Waals surface area contributed by atoms with Crippen LogP contribution in [0.4, 0.5) is 0 Å². The van der Waals surface area contributed by atoms with Gasteiger partial charge in [-0.2, -0.15) is 4.98 Å². The lowest BCUT2D eigenvalue weighted by atomic mass is 10.2. The first kappa shape index (κ1) is 15.7. The third-order valence-corrected chi connectivity index (χ3v) is 2.52. The third-order valence-electron chi connectivity index (χ3n) is 2.52. The van der Waals surface area contributed by atoms with E-state index in [0.29, 0.717) is 18.4 Å². The van der Waals surface area contributed by atoms with Crippen molar-refractivity contribution < 1.29 is 14.2 Å². The Hall–Kier alpha value is -1.40. The van der Waals surface area contributed by atoms with E-state index in [4.69, 9.17) is 14.2 Å². The molecule has 19 heavy (non-hydrogen) atoms. The molecule has 0 amide bonds. The molecule has 1 aromatic heterocycles. The van der Waals surface area contributed by atoms with E-state index >= 15 is 0 Å². The van der Waals surface area contributed by atoms with Gasteiger partial charge in [0, 0.05) is 0 Å². The van der Waals surface area contributed by atoms with Crippen molar-refractivity contribution in [3.63, 3.8) is 0 Å². The van der Waals surface area contributed by atoms with Crippen LogP contribution in [0.1, 0.15) is 32.5 Å². The van der Waals surface area contributed by atoms with Crippen molar-refractivity contribution in [2.45, 2.75) is 32.9 Å². The van der Waals surface area contributed by atoms with E-state index in [9.17, 15) is 0 Å². The van der Waals surface area contributed by atoms with Crippen LogP contribution in [0.15, 0.2) is 6.20 Å². The number of nitrogens with one attached hydrogen (secondary N) is 1. The lowest BCUT2D eigenvalue weighted by Gasteiger charge is -2.20. The highest BCUT2D eigenvalue weighted by Crippen LogP contribution is 2.23. The van der Waals surface area contributed by atoms with Crippen molar-refractivity contribution in [3.8, 4) is 11.8 Å². The molecule has 1 unspecified atom stereocenters. The average molecular weight is 269 g/mol. The van der Waals surface area contributed by atoms with Gasteiger partial charge in [-0.05, 0) is 20.4 Å². The fourth-order valence-electron chi connectivity index (χ4n) is 1.62. The van der Waals surface area contributed by atoms with E-state index in [2.05, 4.69) is 15.3 Å². The van der Waals surface area contributed by atoms with Crippen LogP contribution in [0, 0.1) is 0 Å². The molecule has 1 rings (SSSR count). The molecule has 1 heterocycles. The Morgan fingerprint density at radius 3 is 2.53 bits per heavy atom. The van der Waals surface area contributed by atoms with Crippen LogP contribution in [0.3, 0.4) is 0 Å². The van der Waals surface area contributed by atoms with Gasteiger partial charge in [-0.1, -0.05) is 6.92 Å². The lowest BCUT2D eigenvalue weighted by molar-refractivity contribution is 0.0599. The minimum absolute atomic E-state index is 0.0549. The summed E-state index contributed by atoms with van der Waals surface area (Å²) >= 11 is 0. The Balaban J connectivity index is 2.93. The Morgan fingerprint density at radius 2 is 2.00 bits per heavy atom. The van der Waals surface area contributed by atoms with E-state index in [1.54, 1.807) is 20.4 Å². The topological polar surface area (TPSA) is 65.5 Å². The smallest absolute Gasteiger partial charge is 0.240 e. The van der Waals surface area contributed by atoms with Gasteiger partial charge < -0.3 is 19.5 Å². The van der Waals surface area contributed by atoms with Crippen LogP contribution in [0.5, 0.6) is 11.8 Å². The monoisotopic (exact) mass is 269 g/mol. The molecule has 1 aromatic rings. The van der Waals surface area contributed by atoms with Crippen molar-refractivity contribution in [1.29, 1.82) is 0 Å². The zero-order valence-electron chi connectivity index (χ0n) is 12.3. The van der Waals surface area contributed by atoms with Gasteiger partial charge in [0.05, 0.1) is 39.2 Å². The summed E-state index contributed by atoms with van der Waals surface area (Å²) in [5, 5.41) is 3.32. The second-order valence-corrected chi connectivity index (χ2v) is 4.30. The molecule has 0 radical (unpaired) electrons. The predicted octanol–water partition coefficient (Wildman–Crippen LogP) is 1.57. The number of nitrogens with zero attached hydrogens (tertiary/aromatic N) is 2. The van der Waals surface area contributed by atoms with Crippen molar-refractivity contribution in [1.82, 2.24) is 15.3 Å². The van der Waals surface area contributed by atoms with Gasteiger partial charge >= 0.3 is 0 Å². The van der Waals surface area contributed by atoms with Gasteiger partial charge in [0.15, 0.2) is 0 Å². The van der Waals surface area contributed by atoms with E-state index in [0.717, 1.165) is 12.2 Å². The number of hydrogen-bond donors (Lipinski definition) is 1. The summed E-state index contributed by atoms with van der Waals surface area (Å²) in [5.74, 6) is 0.887. The van der Waals surface area contributed by atoms with Crippen LogP contribution < -0.4 is 14.8 Å². The van der Waals surface area contributed by atoms with Crippen LogP contribution in [-0.2, 0) is 4.74 Å². The molecule has 6 nitrogen and oxygen atoms in total. The van der Waals surface area contributed by atoms with Crippen molar-refractivity contribution >= 4 is 0 Å². The van der Waals surface area contributed by atoms with Gasteiger partial charge in [0.25, 0.3) is 0 Å². The van der Waals surface area contributed by atoms with Crippen LogP contribution in [-0.4, -0.2) is 43.4 Å². The quantitative estimate of drug-likeness (QED) is 0.772. The maximum atomic E-state index is 5.65. The highest BCUT2D eigenvalue weighted by Gasteiger charge is 2.19. The molecule has 0 bridgehead atoms. The average Bonchev–Trinajstić information content (AvgIpc) is 2.42. The summed E-state index contributed by atoms with van der Waals surface area (Å²) in [6.07, 6.45) is 1.75. The normalized spacial score (nSPS) is 12.5. The Kier molecular flexibility index (Phi) is 6.52. The lowest BCUT2D eigenvalue weighted by Crippen LogP contribution is -2.28. The van der Waals surface area contributed by atoms with E-state index in [1.807, 2.05) is 20.8 Å². The van der Waals surface area contributed by atoms with Gasteiger partial charge in [-0.15, -0.1) is 0 Å². The first-order valence-electron chi connectivity index (χ1n) is 6.42. The Morgan fingerprint density at radius 1 is 1.26 bits per heavy atom. The highest BCUT2D eigenvalue weighted by molar-refractivity contribution is 5.25. The molecule has 1 N–H and O–H groups in total. The predicted molar refractivity (Wildman–Crippen MR) is 72.6 cm³/mol. The molecule has 6 heteroatoms. The van der Waals surface area contributed by atoms with Crippen molar-refractivity contribution in [2.75, 3.05) is 27.4 Å². The van der Waals surface area contributed by atoms with Crippen molar-refractivity contribution in [2.24, 2.45) is 0 Å². The largest absolute Gasteiger partial charge is 0.480 e. The Bertz CT molecular complexity index is 385. The standard InChI is InChI=1S/C13H23N3O3/c1-6-14-10(8-19-9(2)3)12-13(18-5)16-11(17-4)7-15-12/h7,9-10,14H,6,8H2,1-5H3. The van der Waals surface area contributed by atoms with Crippen LogP contribution in [0.2, 0.25) is 0 Å². The van der Waals surface area contributed by atoms with Crippen molar-refractivity contribution in [3.05, 3.63) is 11.9 Å². The van der Waals surface area contributed by atoms with E-state index < -0.39 is 0 Å². The fraction of sp³-hybridized carbons (Fsp3) is 0.692. The molecule has 0 aliphatic rings. The maximum absolute atomic E-state index is 5.65. The van der Waals surface area contributed by atoms with Gasteiger partial charge in [-0.25, -0.2) is 4.98 Å². The minimum Gasteiger partial charge on any atom is -0.480 e. The summed E-state index contributed by atoms with van der Waals surface area (Å²) in [6.45, 7) is 7.36. The number of hydrogen-bond acceptors (Lipinski definition) is 6. The molecule has 0 aliphatic carbocycles. The highest BCUT2D eigenvalue weighted by atomic mass is 16.5.